The van der Waals surface area contributed by atoms with Gasteiger partial charge in [-0.25, -0.2) is 22.0 Å². The van der Waals surface area contributed by atoms with Gasteiger partial charge in [-0.15, -0.1) is 0 Å². The van der Waals surface area contributed by atoms with E-state index in [2.05, 4.69) is 20.6 Å². The molecule has 4 rings (SSSR count). The molecule has 6 nitrogen and oxygen atoms in total. The van der Waals surface area contributed by atoms with E-state index < -0.39 is 47.1 Å². The lowest BCUT2D eigenvalue weighted by Crippen LogP contribution is -2.14. The molecule has 4 aromatic rings. The summed E-state index contributed by atoms with van der Waals surface area (Å²) in [5.41, 5.74) is -0.113. The molecule has 0 unspecified atom stereocenters. The Hall–Kier alpha value is -3.44. The van der Waals surface area contributed by atoms with Gasteiger partial charge in [-0.2, -0.15) is 10.2 Å². The first-order chi connectivity index (χ1) is 15.7. The van der Waals surface area contributed by atoms with Crippen LogP contribution in [0.1, 0.15) is 16.1 Å². The number of aromatic nitrogens is 4. The van der Waals surface area contributed by atoms with Crippen LogP contribution in [0.3, 0.4) is 0 Å². The molecular formula is C20H10Cl2F5N5O. The van der Waals surface area contributed by atoms with E-state index in [1.165, 1.54) is 24.4 Å². The highest BCUT2D eigenvalue weighted by Gasteiger charge is 2.26. The largest absolute Gasteiger partial charge is 0.304 e. The van der Waals surface area contributed by atoms with Crippen molar-refractivity contribution in [3.05, 3.63) is 86.9 Å². The fraction of sp³-hybridized carbons (Fsp3) is 0.0500. The number of nitrogens with one attached hydrogen (secondary N) is 2. The molecule has 0 bridgehead atoms. The second-order valence-electron chi connectivity index (χ2n) is 6.69. The van der Waals surface area contributed by atoms with Crippen molar-refractivity contribution in [3.63, 3.8) is 0 Å². The lowest BCUT2D eigenvalue weighted by Gasteiger charge is -2.08. The average Bonchev–Trinajstić information content (AvgIpc) is 3.44. The summed E-state index contributed by atoms with van der Waals surface area (Å²) in [6.45, 7) is -0.759. The van der Waals surface area contributed by atoms with Crippen LogP contribution >= 0.6 is 23.2 Å². The van der Waals surface area contributed by atoms with Crippen molar-refractivity contribution >= 4 is 34.9 Å². The minimum Gasteiger partial charge on any atom is -0.304 e. The predicted octanol–water partition coefficient (Wildman–Crippen LogP) is 5.58. The van der Waals surface area contributed by atoms with Crippen LogP contribution in [0.5, 0.6) is 0 Å². The molecule has 170 valence electrons. The molecule has 1 amide bonds. The van der Waals surface area contributed by atoms with Crippen LogP contribution in [0.25, 0.3) is 11.3 Å². The average molecular weight is 502 g/mol. The minimum atomic E-state index is -2.25. The minimum absolute atomic E-state index is 0.0375. The van der Waals surface area contributed by atoms with Crippen molar-refractivity contribution in [2.45, 2.75) is 6.54 Å². The molecule has 0 aliphatic heterocycles. The maximum atomic E-state index is 13.9. The second kappa shape index (κ2) is 8.83. The van der Waals surface area contributed by atoms with E-state index in [1.54, 1.807) is 12.1 Å². The lowest BCUT2D eigenvalue weighted by molar-refractivity contribution is 0.102. The molecule has 13 heteroatoms. The van der Waals surface area contributed by atoms with Crippen LogP contribution in [0.4, 0.5) is 27.8 Å². The standard InChI is InChI=1S/C20H10Cl2F5N5O/c21-8-1-2-9(11(22)5-8)12-6-13(30-29-12)20(33)28-14-3-4-32(31-14)7-10-15(23)17(25)19(27)18(26)16(10)24/h1-6H,7H2,(H,29,30)(H,28,31,33). The van der Waals surface area contributed by atoms with Gasteiger partial charge in [-0.05, 0) is 24.3 Å². The van der Waals surface area contributed by atoms with E-state index in [4.69, 9.17) is 23.2 Å². The number of carbonyl (C=O) groups is 1. The Morgan fingerprint density at radius 2 is 1.64 bits per heavy atom. The van der Waals surface area contributed by atoms with Crippen LogP contribution in [-0.2, 0) is 6.54 Å². The van der Waals surface area contributed by atoms with Gasteiger partial charge in [0.05, 0.1) is 22.8 Å². The zero-order valence-corrected chi connectivity index (χ0v) is 17.6. The number of rotatable bonds is 5. The van der Waals surface area contributed by atoms with Gasteiger partial charge >= 0.3 is 0 Å². The van der Waals surface area contributed by atoms with Crippen LogP contribution in [0, 0.1) is 29.1 Å². The molecule has 2 N–H and O–H groups in total. The number of H-pyrrole nitrogens is 1. The number of anilines is 1. The van der Waals surface area contributed by atoms with Gasteiger partial charge in [0.1, 0.15) is 5.69 Å². The summed E-state index contributed by atoms with van der Waals surface area (Å²) in [7, 11) is 0. The molecule has 2 heterocycles. The molecule has 0 saturated carbocycles. The summed E-state index contributed by atoms with van der Waals surface area (Å²) < 4.78 is 68.5. The third-order valence-electron chi connectivity index (χ3n) is 4.53. The Bertz CT molecular complexity index is 1360. The maximum absolute atomic E-state index is 13.9. The fourth-order valence-electron chi connectivity index (χ4n) is 2.92. The fourth-order valence-corrected chi connectivity index (χ4v) is 3.43. The summed E-state index contributed by atoms with van der Waals surface area (Å²) in [5, 5.41) is 13.6. The quantitative estimate of drug-likeness (QED) is 0.213. The highest BCUT2D eigenvalue weighted by Crippen LogP contribution is 2.29. The normalized spacial score (nSPS) is 11.1. The predicted molar refractivity (Wildman–Crippen MR) is 110 cm³/mol. The maximum Gasteiger partial charge on any atom is 0.274 e. The summed E-state index contributed by atoms with van der Waals surface area (Å²) in [4.78, 5) is 12.5. The first-order valence-electron chi connectivity index (χ1n) is 9.01. The van der Waals surface area contributed by atoms with E-state index in [0.717, 1.165) is 4.68 Å². The van der Waals surface area contributed by atoms with Crippen LogP contribution < -0.4 is 5.32 Å². The van der Waals surface area contributed by atoms with Gasteiger partial charge < -0.3 is 5.32 Å². The molecule has 0 aliphatic rings. The van der Waals surface area contributed by atoms with Gasteiger partial charge in [0.25, 0.3) is 5.91 Å². The molecule has 0 radical (unpaired) electrons. The highest BCUT2D eigenvalue weighted by atomic mass is 35.5. The molecule has 0 saturated heterocycles. The molecule has 0 spiro atoms. The third-order valence-corrected chi connectivity index (χ3v) is 5.08. The van der Waals surface area contributed by atoms with Crippen molar-refractivity contribution in [1.82, 2.24) is 20.0 Å². The Morgan fingerprint density at radius 3 is 2.30 bits per heavy atom. The molecular weight excluding hydrogens is 492 g/mol. The van der Waals surface area contributed by atoms with Crippen molar-refractivity contribution in [3.8, 4) is 11.3 Å². The third kappa shape index (κ3) is 4.41. The number of halogens is 7. The van der Waals surface area contributed by atoms with Crippen molar-refractivity contribution in [2.24, 2.45) is 0 Å². The number of nitrogens with zero attached hydrogens (tertiary/aromatic N) is 3. The van der Waals surface area contributed by atoms with E-state index in [1.807, 2.05) is 0 Å². The Kier molecular flexibility index (Phi) is 6.09. The topological polar surface area (TPSA) is 75.6 Å². The number of benzene rings is 2. The van der Waals surface area contributed by atoms with Crippen molar-refractivity contribution in [2.75, 3.05) is 5.32 Å². The number of hydrogen-bond donors (Lipinski definition) is 2. The zero-order chi connectivity index (χ0) is 23.9. The van der Waals surface area contributed by atoms with Gasteiger partial charge in [-0.3, -0.25) is 14.6 Å². The molecule has 2 aromatic carbocycles. The van der Waals surface area contributed by atoms with Crippen molar-refractivity contribution < 1.29 is 26.7 Å². The number of amides is 1. The van der Waals surface area contributed by atoms with E-state index in [9.17, 15) is 26.7 Å². The summed E-state index contributed by atoms with van der Waals surface area (Å²) >= 11 is 12.0. The monoisotopic (exact) mass is 501 g/mol. The molecule has 33 heavy (non-hydrogen) atoms. The zero-order valence-electron chi connectivity index (χ0n) is 16.1. The summed E-state index contributed by atoms with van der Waals surface area (Å²) in [6.07, 6.45) is 1.19. The molecule has 0 aliphatic carbocycles. The molecule has 0 fully saturated rings. The Morgan fingerprint density at radius 1 is 0.970 bits per heavy atom. The number of aromatic amines is 1. The first-order valence-corrected chi connectivity index (χ1v) is 9.77. The van der Waals surface area contributed by atoms with Gasteiger partial charge in [0.15, 0.2) is 29.1 Å². The molecule has 0 atom stereocenters. The summed E-state index contributed by atoms with van der Waals surface area (Å²) in [5.74, 6) is -11.0. The highest BCUT2D eigenvalue weighted by molar-refractivity contribution is 6.36. The van der Waals surface area contributed by atoms with Crippen LogP contribution in [0.15, 0.2) is 36.5 Å². The van der Waals surface area contributed by atoms with Gasteiger partial charge in [0.2, 0.25) is 5.82 Å². The smallest absolute Gasteiger partial charge is 0.274 e. The Balaban J connectivity index is 1.50. The number of carbonyl (C=O) groups excluding carboxylic acids is 1. The van der Waals surface area contributed by atoms with E-state index >= 15 is 0 Å². The molecule has 2 aromatic heterocycles. The van der Waals surface area contributed by atoms with Crippen molar-refractivity contribution in [1.29, 1.82) is 0 Å². The van der Waals surface area contributed by atoms with Crippen LogP contribution in [-0.4, -0.2) is 25.9 Å². The second-order valence-corrected chi connectivity index (χ2v) is 7.54. The lowest BCUT2D eigenvalue weighted by atomic mass is 10.1. The van der Waals surface area contributed by atoms with Crippen LogP contribution in [0.2, 0.25) is 10.0 Å². The van der Waals surface area contributed by atoms with E-state index in [0.29, 0.717) is 21.3 Å². The van der Waals surface area contributed by atoms with Gasteiger partial charge in [-0.1, -0.05) is 23.2 Å². The first kappa shape index (κ1) is 22.7. The SMILES string of the molecule is O=C(Nc1ccn(Cc2c(F)c(F)c(F)c(F)c2F)n1)c1cc(-c2ccc(Cl)cc2Cl)n[nH]1. The number of hydrogen-bond acceptors (Lipinski definition) is 3. The van der Waals surface area contributed by atoms with Gasteiger partial charge in [0, 0.05) is 22.8 Å². The Labute approximate surface area is 191 Å². The summed E-state index contributed by atoms with van der Waals surface area (Å²) in [6, 6.07) is 7.45. The van der Waals surface area contributed by atoms with E-state index in [-0.39, 0.29) is 11.5 Å².